The maximum absolute atomic E-state index is 6.03. The van der Waals surface area contributed by atoms with Crippen LogP contribution in [0, 0.1) is 15.4 Å². The van der Waals surface area contributed by atoms with Crippen LogP contribution in [0.4, 0.5) is 0 Å². The van der Waals surface area contributed by atoms with E-state index in [9.17, 15) is 0 Å². The predicted octanol–water partition coefficient (Wildman–Crippen LogP) is 3.09. The van der Waals surface area contributed by atoms with Crippen LogP contribution in [-0.2, 0) is 0 Å². The lowest BCUT2D eigenvalue weighted by molar-refractivity contribution is 0.667. The molecule has 1 aromatic rings. The van der Waals surface area contributed by atoms with Gasteiger partial charge in [0.25, 0.3) is 0 Å². The fourth-order valence-corrected chi connectivity index (χ4v) is 1.82. The van der Waals surface area contributed by atoms with Crippen molar-refractivity contribution < 1.29 is 0 Å². The van der Waals surface area contributed by atoms with Crippen LogP contribution in [0.15, 0.2) is 24.3 Å². The van der Waals surface area contributed by atoms with E-state index in [2.05, 4.69) is 52.6 Å². The van der Waals surface area contributed by atoms with Gasteiger partial charge in [0, 0.05) is 16.0 Å². The van der Waals surface area contributed by atoms with Crippen LogP contribution >= 0.6 is 22.6 Å². The molecule has 0 aliphatic carbocycles. The number of nitrogens with two attached hydrogens (primary N) is 1. The molecule has 1 atom stereocenters. The molecule has 0 aliphatic rings. The molecule has 0 aliphatic heterocycles. The first-order valence-electron chi connectivity index (χ1n) is 4.64. The number of rotatable bonds is 3. The third-order valence-corrected chi connectivity index (χ3v) is 2.70. The van der Waals surface area contributed by atoms with Gasteiger partial charge in [0.05, 0.1) is 0 Å². The van der Waals surface area contributed by atoms with Crippen molar-refractivity contribution in [1.29, 1.82) is 0 Å². The Morgan fingerprint density at radius 1 is 1.50 bits per heavy atom. The largest absolute Gasteiger partial charge is 0.324 e. The highest BCUT2D eigenvalue weighted by atomic mass is 127. The quantitative estimate of drug-likeness (QED) is 0.673. The van der Waals surface area contributed by atoms with Gasteiger partial charge in [-0.25, -0.2) is 0 Å². The SMILES string of the molecule is CC#CCCC(N)c1cccc(I)c1. The lowest BCUT2D eigenvalue weighted by Crippen LogP contribution is -2.09. The van der Waals surface area contributed by atoms with Crippen LogP contribution in [0.5, 0.6) is 0 Å². The maximum Gasteiger partial charge on any atom is 0.0304 e. The van der Waals surface area contributed by atoms with Crippen LogP contribution in [0.2, 0.25) is 0 Å². The van der Waals surface area contributed by atoms with Crippen molar-refractivity contribution in [3.8, 4) is 11.8 Å². The van der Waals surface area contributed by atoms with Crippen molar-refractivity contribution in [3.05, 3.63) is 33.4 Å². The average molecular weight is 299 g/mol. The second-order valence-corrected chi connectivity index (χ2v) is 4.37. The minimum absolute atomic E-state index is 0.116. The summed E-state index contributed by atoms with van der Waals surface area (Å²) in [5, 5.41) is 0. The molecular formula is C12H14IN. The van der Waals surface area contributed by atoms with Gasteiger partial charge in [-0.2, -0.15) is 0 Å². The topological polar surface area (TPSA) is 26.0 Å². The molecule has 1 unspecified atom stereocenters. The molecule has 14 heavy (non-hydrogen) atoms. The van der Waals surface area contributed by atoms with Crippen LogP contribution in [-0.4, -0.2) is 0 Å². The summed E-state index contributed by atoms with van der Waals surface area (Å²) >= 11 is 2.30. The molecule has 0 aromatic heterocycles. The molecule has 0 heterocycles. The molecule has 1 nitrogen and oxygen atoms in total. The summed E-state index contributed by atoms with van der Waals surface area (Å²) in [4.78, 5) is 0. The fourth-order valence-electron chi connectivity index (χ4n) is 1.26. The number of halogens is 1. The van der Waals surface area contributed by atoms with Gasteiger partial charge in [0.15, 0.2) is 0 Å². The molecule has 1 rings (SSSR count). The summed E-state index contributed by atoms with van der Waals surface area (Å²) in [5.41, 5.74) is 7.24. The van der Waals surface area contributed by atoms with Crippen molar-refractivity contribution in [2.24, 2.45) is 5.73 Å². The summed E-state index contributed by atoms with van der Waals surface area (Å²) < 4.78 is 1.23. The molecule has 0 fully saturated rings. The zero-order valence-electron chi connectivity index (χ0n) is 8.26. The Morgan fingerprint density at radius 2 is 2.29 bits per heavy atom. The highest BCUT2D eigenvalue weighted by Gasteiger charge is 2.04. The van der Waals surface area contributed by atoms with Crippen LogP contribution in [0.1, 0.15) is 31.4 Å². The molecule has 0 saturated carbocycles. The Bertz CT molecular complexity index is 349. The fraction of sp³-hybridized carbons (Fsp3) is 0.333. The monoisotopic (exact) mass is 299 g/mol. The first-order valence-corrected chi connectivity index (χ1v) is 5.72. The molecule has 0 radical (unpaired) electrons. The molecule has 0 saturated heterocycles. The highest BCUT2D eigenvalue weighted by Crippen LogP contribution is 2.17. The molecular weight excluding hydrogens is 285 g/mol. The van der Waals surface area contributed by atoms with E-state index in [-0.39, 0.29) is 6.04 Å². The van der Waals surface area contributed by atoms with Gasteiger partial charge >= 0.3 is 0 Å². The summed E-state index contributed by atoms with van der Waals surface area (Å²) in [6.07, 6.45) is 1.81. The van der Waals surface area contributed by atoms with Gasteiger partial charge in [0.2, 0.25) is 0 Å². The Labute approximate surface area is 99.2 Å². The molecule has 0 amide bonds. The molecule has 0 bridgehead atoms. The molecule has 2 N–H and O–H groups in total. The second kappa shape index (κ2) is 6.05. The van der Waals surface area contributed by atoms with Gasteiger partial charge in [-0.3, -0.25) is 0 Å². The minimum atomic E-state index is 0.116. The third kappa shape index (κ3) is 3.69. The normalized spacial score (nSPS) is 11.6. The van der Waals surface area contributed by atoms with Crippen LogP contribution in [0.3, 0.4) is 0 Å². The van der Waals surface area contributed by atoms with Crippen molar-refractivity contribution in [1.82, 2.24) is 0 Å². The van der Waals surface area contributed by atoms with Gasteiger partial charge in [-0.05, 0) is 53.6 Å². The van der Waals surface area contributed by atoms with Crippen molar-refractivity contribution >= 4 is 22.6 Å². The van der Waals surface area contributed by atoms with Gasteiger partial charge in [-0.15, -0.1) is 11.8 Å². The van der Waals surface area contributed by atoms with E-state index in [0.717, 1.165) is 12.8 Å². The second-order valence-electron chi connectivity index (χ2n) is 3.13. The lowest BCUT2D eigenvalue weighted by Gasteiger charge is -2.10. The summed E-state index contributed by atoms with van der Waals surface area (Å²) in [7, 11) is 0. The Balaban J connectivity index is 2.58. The highest BCUT2D eigenvalue weighted by molar-refractivity contribution is 14.1. The molecule has 74 valence electrons. The number of benzene rings is 1. The Kier molecular flexibility index (Phi) is 4.99. The Hall–Kier alpha value is -0.530. The smallest absolute Gasteiger partial charge is 0.0304 e. The van der Waals surface area contributed by atoms with E-state index in [1.165, 1.54) is 9.13 Å². The number of hydrogen-bond donors (Lipinski definition) is 1. The van der Waals surface area contributed by atoms with E-state index in [1.807, 2.05) is 13.0 Å². The summed E-state index contributed by atoms with van der Waals surface area (Å²) in [5.74, 6) is 5.91. The average Bonchev–Trinajstić information content (AvgIpc) is 2.18. The summed E-state index contributed by atoms with van der Waals surface area (Å²) in [6.45, 7) is 1.86. The Morgan fingerprint density at radius 3 is 2.93 bits per heavy atom. The first-order chi connectivity index (χ1) is 6.74. The van der Waals surface area contributed by atoms with Crippen LogP contribution in [0.25, 0.3) is 0 Å². The van der Waals surface area contributed by atoms with E-state index in [1.54, 1.807) is 0 Å². The number of hydrogen-bond acceptors (Lipinski definition) is 1. The third-order valence-electron chi connectivity index (χ3n) is 2.03. The zero-order valence-corrected chi connectivity index (χ0v) is 10.4. The maximum atomic E-state index is 6.03. The summed E-state index contributed by atoms with van der Waals surface area (Å²) in [6, 6.07) is 8.44. The van der Waals surface area contributed by atoms with Crippen molar-refractivity contribution in [2.45, 2.75) is 25.8 Å². The van der Waals surface area contributed by atoms with E-state index >= 15 is 0 Å². The lowest BCUT2D eigenvalue weighted by atomic mass is 10.0. The van der Waals surface area contributed by atoms with Gasteiger partial charge < -0.3 is 5.73 Å². The predicted molar refractivity (Wildman–Crippen MR) is 68.8 cm³/mol. The molecule has 1 aromatic carbocycles. The van der Waals surface area contributed by atoms with Gasteiger partial charge in [-0.1, -0.05) is 12.1 Å². The van der Waals surface area contributed by atoms with E-state index < -0.39 is 0 Å². The molecule has 0 spiro atoms. The minimum Gasteiger partial charge on any atom is -0.324 e. The van der Waals surface area contributed by atoms with Crippen molar-refractivity contribution in [3.63, 3.8) is 0 Å². The molecule has 2 heteroatoms. The van der Waals surface area contributed by atoms with E-state index in [0.29, 0.717) is 0 Å². The van der Waals surface area contributed by atoms with Gasteiger partial charge in [0.1, 0.15) is 0 Å². The zero-order chi connectivity index (χ0) is 10.4. The first kappa shape index (κ1) is 11.5. The van der Waals surface area contributed by atoms with Crippen molar-refractivity contribution in [2.75, 3.05) is 0 Å². The van der Waals surface area contributed by atoms with E-state index in [4.69, 9.17) is 5.73 Å². The standard InChI is InChI=1S/C12H14IN/c1-2-3-4-8-12(14)10-6-5-7-11(13)9-10/h5-7,9,12H,4,8,14H2,1H3. The van der Waals surface area contributed by atoms with Crippen LogP contribution < -0.4 is 5.73 Å².